The second-order valence-corrected chi connectivity index (χ2v) is 11.4. The van der Waals surface area contributed by atoms with Crippen LogP contribution >= 0.6 is 0 Å². The molecular weight excluding hydrogens is 440 g/mol. The van der Waals surface area contributed by atoms with Crippen LogP contribution < -0.4 is 4.74 Å². The molecule has 10 heteroatoms. The summed E-state index contributed by atoms with van der Waals surface area (Å²) in [5, 5.41) is 4.29. The summed E-state index contributed by atoms with van der Waals surface area (Å²) < 4.78 is 30.1. The van der Waals surface area contributed by atoms with E-state index < -0.39 is 9.84 Å². The van der Waals surface area contributed by atoms with Gasteiger partial charge in [-0.3, -0.25) is 4.98 Å². The number of likely N-dealkylation sites (tertiary alicyclic amines) is 1. The molecule has 0 radical (unpaired) electrons. The van der Waals surface area contributed by atoms with Crippen molar-refractivity contribution in [3.05, 3.63) is 42.0 Å². The van der Waals surface area contributed by atoms with Gasteiger partial charge < -0.3 is 14.6 Å². The van der Waals surface area contributed by atoms with Gasteiger partial charge in [-0.25, -0.2) is 17.9 Å². The monoisotopic (exact) mass is 468 g/mol. The molecule has 1 saturated heterocycles. The van der Waals surface area contributed by atoms with Crippen molar-refractivity contribution in [1.82, 2.24) is 29.5 Å². The van der Waals surface area contributed by atoms with Gasteiger partial charge in [0, 0.05) is 54.8 Å². The Morgan fingerprint density at radius 3 is 2.76 bits per heavy atom. The third-order valence-corrected chi connectivity index (χ3v) is 7.21. The first kappa shape index (κ1) is 21.8. The highest BCUT2D eigenvalue weighted by molar-refractivity contribution is 7.90. The van der Waals surface area contributed by atoms with Crippen LogP contribution in [0.3, 0.4) is 0 Å². The molecule has 4 aromatic heterocycles. The predicted octanol–water partition coefficient (Wildman–Crippen LogP) is 2.85. The van der Waals surface area contributed by atoms with Crippen LogP contribution in [-0.2, 0) is 9.84 Å². The summed E-state index contributed by atoms with van der Waals surface area (Å²) in [6.45, 7) is 6.59. The van der Waals surface area contributed by atoms with Crippen molar-refractivity contribution in [2.75, 3.05) is 38.8 Å². The minimum atomic E-state index is -2.94. The maximum absolute atomic E-state index is 11.4. The number of nitrogens with one attached hydrogen (secondary N) is 1. The average molecular weight is 469 g/mol. The van der Waals surface area contributed by atoms with E-state index in [1.807, 2.05) is 12.3 Å². The lowest BCUT2D eigenvalue weighted by Gasteiger charge is -2.38. The van der Waals surface area contributed by atoms with Crippen molar-refractivity contribution >= 4 is 26.5 Å². The molecule has 0 bridgehead atoms. The SMILES string of the molecule is COc1cc(-c2[nH]c3ccc(C4CN(CCS(C)(=O)=O)C4)nc3c2C(C)C)cn2ncnc12. The lowest BCUT2D eigenvalue weighted by atomic mass is 9.94. The van der Waals surface area contributed by atoms with E-state index in [4.69, 9.17) is 9.72 Å². The number of rotatable bonds is 7. The van der Waals surface area contributed by atoms with E-state index >= 15 is 0 Å². The van der Waals surface area contributed by atoms with E-state index in [1.54, 1.807) is 11.6 Å². The maximum atomic E-state index is 11.4. The van der Waals surface area contributed by atoms with Crippen LogP contribution in [0.4, 0.5) is 0 Å². The Morgan fingerprint density at radius 1 is 1.27 bits per heavy atom. The molecule has 0 saturated carbocycles. The third kappa shape index (κ3) is 4.08. The molecule has 0 spiro atoms. The first-order valence-electron chi connectivity index (χ1n) is 11.0. The van der Waals surface area contributed by atoms with E-state index in [2.05, 4.69) is 45.9 Å². The Balaban J connectivity index is 1.49. The molecule has 4 aromatic rings. The van der Waals surface area contributed by atoms with Crippen molar-refractivity contribution in [2.24, 2.45) is 0 Å². The van der Waals surface area contributed by atoms with E-state index in [1.165, 1.54) is 12.6 Å². The molecule has 1 N–H and O–H groups in total. The van der Waals surface area contributed by atoms with Gasteiger partial charge in [-0.1, -0.05) is 13.8 Å². The van der Waals surface area contributed by atoms with Crippen molar-refractivity contribution in [3.8, 4) is 17.0 Å². The van der Waals surface area contributed by atoms with Crippen LogP contribution in [0.15, 0.2) is 30.7 Å². The van der Waals surface area contributed by atoms with Crippen LogP contribution in [0, 0.1) is 0 Å². The highest BCUT2D eigenvalue weighted by atomic mass is 32.2. The number of aromatic amines is 1. The highest BCUT2D eigenvalue weighted by Gasteiger charge is 2.30. The average Bonchev–Trinajstić information content (AvgIpc) is 3.35. The molecule has 9 nitrogen and oxygen atoms in total. The summed E-state index contributed by atoms with van der Waals surface area (Å²) in [6.07, 6.45) is 4.75. The first-order valence-corrected chi connectivity index (χ1v) is 13.1. The minimum Gasteiger partial charge on any atom is -0.493 e. The lowest BCUT2D eigenvalue weighted by molar-refractivity contribution is 0.156. The molecule has 0 atom stereocenters. The summed E-state index contributed by atoms with van der Waals surface area (Å²) in [5.41, 5.74) is 6.81. The van der Waals surface area contributed by atoms with Gasteiger partial charge in [0.1, 0.15) is 16.2 Å². The topological polar surface area (TPSA) is 105 Å². The van der Waals surface area contributed by atoms with Gasteiger partial charge in [-0.15, -0.1) is 0 Å². The molecule has 1 aliphatic heterocycles. The quantitative estimate of drug-likeness (QED) is 0.445. The number of aromatic nitrogens is 5. The number of fused-ring (bicyclic) bond motifs is 2. The Morgan fingerprint density at radius 2 is 2.06 bits per heavy atom. The number of hydrogen-bond acceptors (Lipinski definition) is 7. The molecule has 1 aliphatic rings. The Labute approximate surface area is 192 Å². The van der Waals surface area contributed by atoms with Crippen molar-refractivity contribution in [3.63, 3.8) is 0 Å². The third-order valence-electron chi connectivity index (χ3n) is 6.28. The Hall–Kier alpha value is -2.98. The fourth-order valence-electron chi connectivity index (χ4n) is 4.54. The number of pyridine rings is 2. The number of hydrogen-bond donors (Lipinski definition) is 1. The van der Waals surface area contributed by atoms with Gasteiger partial charge in [-0.05, 0) is 24.1 Å². The molecule has 0 amide bonds. The van der Waals surface area contributed by atoms with Crippen LogP contribution in [0.25, 0.3) is 27.9 Å². The van der Waals surface area contributed by atoms with Gasteiger partial charge in [0.25, 0.3) is 0 Å². The van der Waals surface area contributed by atoms with Crippen LogP contribution in [0.5, 0.6) is 5.75 Å². The highest BCUT2D eigenvalue weighted by Crippen LogP contribution is 2.37. The fourth-order valence-corrected chi connectivity index (χ4v) is 5.12. The van der Waals surface area contributed by atoms with Crippen molar-refractivity contribution in [1.29, 1.82) is 0 Å². The molecule has 5 heterocycles. The number of nitrogens with zero attached hydrogens (tertiary/aromatic N) is 5. The predicted molar refractivity (Wildman–Crippen MR) is 128 cm³/mol. The van der Waals surface area contributed by atoms with Gasteiger partial charge >= 0.3 is 0 Å². The molecule has 0 aliphatic carbocycles. The zero-order valence-electron chi connectivity index (χ0n) is 19.2. The summed E-state index contributed by atoms with van der Waals surface area (Å²) in [5.74, 6) is 1.43. The van der Waals surface area contributed by atoms with E-state index in [-0.39, 0.29) is 11.7 Å². The standard InChI is InChI=1S/C23H28N6O3S/c1-14(2)20-21(15-9-19(32-3)23-24-13-25-29(23)12-15)27-18-6-5-17(26-22(18)20)16-10-28(11-16)7-8-33(4,30)31/h5-6,9,12-14,16,27H,7-8,10-11H2,1-4H3. The van der Waals surface area contributed by atoms with Crippen molar-refractivity contribution < 1.29 is 13.2 Å². The number of ether oxygens (including phenoxy) is 1. The van der Waals surface area contributed by atoms with Crippen molar-refractivity contribution in [2.45, 2.75) is 25.7 Å². The summed E-state index contributed by atoms with van der Waals surface area (Å²) in [7, 11) is -1.31. The van der Waals surface area contributed by atoms with Gasteiger partial charge in [0.05, 0.1) is 29.6 Å². The van der Waals surface area contributed by atoms with Crippen LogP contribution in [-0.4, -0.2) is 76.6 Å². The number of H-pyrrole nitrogens is 1. The first-order chi connectivity index (χ1) is 15.7. The lowest BCUT2D eigenvalue weighted by Crippen LogP contribution is -2.47. The zero-order valence-corrected chi connectivity index (χ0v) is 20.1. The van der Waals surface area contributed by atoms with Crippen LogP contribution in [0.1, 0.15) is 36.9 Å². The van der Waals surface area contributed by atoms with Crippen LogP contribution in [0.2, 0.25) is 0 Å². The largest absolute Gasteiger partial charge is 0.493 e. The second kappa shape index (κ2) is 8.11. The second-order valence-electron chi connectivity index (χ2n) is 9.11. The molecule has 0 unspecified atom stereocenters. The van der Waals surface area contributed by atoms with Gasteiger partial charge in [0.15, 0.2) is 11.4 Å². The molecule has 5 rings (SSSR count). The summed E-state index contributed by atoms with van der Waals surface area (Å²) in [6, 6.07) is 6.15. The normalized spacial score (nSPS) is 15.5. The smallest absolute Gasteiger partial charge is 0.197 e. The maximum Gasteiger partial charge on any atom is 0.197 e. The molecular formula is C23H28N6O3S. The van der Waals surface area contributed by atoms with E-state index in [0.29, 0.717) is 23.9 Å². The number of sulfone groups is 1. The number of methoxy groups -OCH3 is 1. The van der Waals surface area contributed by atoms with E-state index in [0.717, 1.165) is 46.6 Å². The molecule has 0 aromatic carbocycles. The summed E-state index contributed by atoms with van der Waals surface area (Å²) >= 11 is 0. The van der Waals surface area contributed by atoms with E-state index in [9.17, 15) is 8.42 Å². The fraction of sp³-hybridized carbons (Fsp3) is 0.435. The molecule has 1 fully saturated rings. The zero-order chi connectivity index (χ0) is 23.3. The molecule has 174 valence electrons. The minimum absolute atomic E-state index is 0.199. The van der Waals surface area contributed by atoms with Gasteiger partial charge in [-0.2, -0.15) is 5.10 Å². The van der Waals surface area contributed by atoms with Gasteiger partial charge in [0.2, 0.25) is 0 Å². The molecule has 33 heavy (non-hydrogen) atoms. The Kier molecular flexibility index (Phi) is 5.37. The Bertz CT molecular complexity index is 1430. The summed E-state index contributed by atoms with van der Waals surface area (Å²) in [4.78, 5) is 15.1.